The minimum atomic E-state index is -0.00333. The second kappa shape index (κ2) is 6.49. The highest BCUT2D eigenvalue weighted by Crippen LogP contribution is 2.40. The summed E-state index contributed by atoms with van der Waals surface area (Å²) >= 11 is 3.42. The number of aromatic nitrogens is 2. The third kappa shape index (κ3) is 2.89. The molecule has 0 atom stereocenters. The summed E-state index contributed by atoms with van der Waals surface area (Å²) in [6.45, 7) is 2.33. The smallest absolute Gasteiger partial charge is 0.222 e. The standard InChI is InChI=1S/C14H14BrN5O2/c1-3-22-10-5-7(4-9(15)12(10)21-2)11-8(6-16)13(17)20-14(18)19-11/h4-5H,3H2,1-2H3,(H4,17,18,19,20). The van der Waals surface area contributed by atoms with E-state index >= 15 is 0 Å². The van der Waals surface area contributed by atoms with E-state index in [1.165, 1.54) is 0 Å². The van der Waals surface area contributed by atoms with Gasteiger partial charge < -0.3 is 20.9 Å². The van der Waals surface area contributed by atoms with Gasteiger partial charge in [-0.2, -0.15) is 10.2 Å². The van der Waals surface area contributed by atoms with Crippen molar-refractivity contribution >= 4 is 27.7 Å². The highest BCUT2D eigenvalue weighted by atomic mass is 79.9. The van der Waals surface area contributed by atoms with Crippen LogP contribution in [-0.4, -0.2) is 23.7 Å². The Hall–Kier alpha value is -2.53. The lowest BCUT2D eigenvalue weighted by atomic mass is 10.1. The molecule has 0 amide bonds. The second-order valence-corrected chi connectivity index (χ2v) is 5.08. The van der Waals surface area contributed by atoms with Crippen molar-refractivity contribution < 1.29 is 9.47 Å². The van der Waals surface area contributed by atoms with Gasteiger partial charge in [0.25, 0.3) is 0 Å². The molecule has 114 valence electrons. The molecule has 2 aromatic rings. The van der Waals surface area contributed by atoms with Gasteiger partial charge in [-0.05, 0) is 35.0 Å². The van der Waals surface area contributed by atoms with Crippen LogP contribution in [0, 0.1) is 11.3 Å². The lowest BCUT2D eigenvalue weighted by Crippen LogP contribution is -2.05. The van der Waals surface area contributed by atoms with Crippen LogP contribution in [0.5, 0.6) is 11.5 Å². The van der Waals surface area contributed by atoms with E-state index in [0.717, 1.165) is 0 Å². The number of rotatable bonds is 4. The van der Waals surface area contributed by atoms with E-state index in [9.17, 15) is 5.26 Å². The summed E-state index contributed by atoms with van der Waals surface area (Å²) in [5.41, 5.74) is 12.5. The fourth-order valence-corrected chi connectivity index (χ4v) is 2.58. The minimum absolute atomic E-state index is 0.00333. The number of hydrogen-bond donors (Lipinski definition) is 2. The zero-order chi connectivity index (χ0) is 16.3. The van der Waals surface area contributed by atoms with Crippen LogP contribution in [0.1, 0.15) is 12.5 Å². The molecule has 2 rings (SSSR count). The summed E-state index contributed by atoms with van der Waals surface area (Å²) in [7, 11) is 1.55. The molecule has 0 saturated heterocycles. The molecule has 0 unspecified atom stereocenters. The molecule has 0 fully saturated rings. The van der Waals surface area contributed by atoms with E-state index in [4.69, 9.17) is 20.9 Å². The molecule has 1 aromatic heterocycles. The van der Waals surface area contributed by atoms with Crippen LogP contribution in [0.2, 0.25) is 0 Å². The highest BCUT2D eigenvalue weighted by molar-refractivity contribution is 9.10. The number of methoxy groups -OCH3 is 1. The Morgan fingerprint density at radius 2 is 2.05 bits per heavy atom. The Labute approximate surface area is 136 Å². The Morgan fingerprint density at radius 1 is 1.32 bits per heavy atom. The molecular weight excluding hydrogens is 350 g/mol. The van der Waals surface area contributed by atoms with Crippen LogP contribution in [0.4, 0.5) is 11.8 Å². The van der Waals surface area contributed by atoms with Gasteiger partial charge in [-0.15, -0.1) is 0 Å². The maximum absolute atomic E-state index is 9.28. The lowest BCUT2D eigenvalue weighted by Gasteiger charge is -2.14. The second-order valence-electron chi connectivity index (χ2n) is 4.22. The molecule has 0 bridgehead atoms. The van der Waals surface area contributed by atoms with Gasteiger partial charge in [0.2, 0.25) is 5.95 Å². The molecule has 0 aliphatic heterocycles. The van der Waals surface area contributed by atoms with Crippen molar-refractivity contribution in [2.45, 2.75) is 6.92 Å². The zero-order valence-electron chi connectivity index (χ0n) is 12.1. The van der Waals surface area contributed by atoms with Crippen molar-refractivity contribution in [2.24, 2.45) is 0 Å². The number of hydrogen-bond acceptors (Lipinski definition) is 7. The summed E-state index contributed by atoms with van der Waals surface area (Å²) in [5.74, 6) is 1.11. The fourth-order valence-electron chi connectivity index (χ4n) is 1.98. The predicted molar refractivity (Wildman–Crippen MR) is 86.4 cm³/mol. The highest BCUT2D eigenvalue weighted by Gasteiger charge is 2.18. The van der Waals surface area contributed by atoms with E-state index in [0.29, 0.717) is 33.8 Å². The topological polar surface area (TPSA) is 120 Å². The van der Waals surface area contributed by atoms with Crippen LogP contribution in [0.3, 0.4) is 0 Å². The lowest BCUT2D eigenvalue weighted by molar-refractivity contribution is 0.310. The molecule has 8 heteroatoms. The summed E-state index contributed by atoms with van der Waals surface area (Å²) in [5, 5.41) is 9.28. The molecule has 0 aliphatic carbocycles. The van der Waals surface area contributed by atoms with Gasteiger partial charge >= 0.3 is 0 Å². The third-order valence-corrected chi connectivity index (χ3v) is 3.44. The fraction of sp³-hybridized carbons (Fsp3) is 0.214. The molecule has 0 radical (unpaired) electrons. The summed E-state index contributed by atoms with van der Waals surface area (Å²) in [6.07, 6.45) is 0. The SMILES string of the molecule is CCOc1cc(-c2nc(N)nc(N)c2C#N)cc(Br)c1OC. The number of nitriles is 1. The van der Waals surface area contributed by atoms with E-state index in [1.54, 1.807) is 19.2 Å². The van der Waals surface area contributed by atoms with E-state index in [-0.39, 0.29) is 17.3 Å². The molecule has 0 spiro atoms. The van der Waals surface area contributed by atoms with Gasteiger partial charge in [0.05, 0.1) is 23.9 Å². The normalized spacial score (nSPS) is 10.1. The van der Waals surface area contributed by atoms with Crippen molar-refractivity contribution in [3.8, 4) is 28.8 Å². The number of anilines is 2. The van der Waals surface area contributed by atoms with Gasteiger partial charge in [0.1, 0.15) is 17.5 Å². The van der Waals surface area contributed by atoms with E-state index in [2.05, 4.69) is 25.9 Å². The quantitative estimate of drug-likeness (QED) is 0.854. The van der Waals surface area contributed by atoms with Crippen LogP contribution in [-0.2, 0) is 0 Å². The molecule has 7 nitrogen and oxygen atoms in total. The Morgan fingerprint density at radius 3 is 2.64 bits per heavy atom. The minimum Gasteiger partial charge on any atom is -0.492 e. The number of ether oxygens (including phenoxy) is 2. The van der Waals surface area contributed by atoms with E-state index in [1.807, 2.05) is 13.0 Å². The first-order valence-electron chi connectivity index (χ1n) is 6.35. The van der Waals surface area contributed by atoms with Crippen molar-refractivity contribution in [1.29, 1.82) is 5.26 Å². The van der Waals surface area contributed by atoms with Crippen molar-refractivity contribution in [2.75, 3.05) is 25.2 Å². The molecule has 22 heavy (non-hydrogen) atoms. The van der Waals surface area contributed by atoms with Gasteiger partial charge in [0, 0.05) is 5.56 Å². The molecular formula is C14H14BrN5O2. The molecule has 0 aliphatic rings. The molecule has 0 saturated carbocycles. The van der Waals surface area contributed by atoms with Gasteiger partial charge in [0.15, 0.2) is 11.5 Å². The predicted octanol–water partition coefficient (Wildman–Crippen LogP) is 2.35. The number of nitrogens with two attached hydrogens (primary N) is 2. The average Bonchev–Trinajstić information content (AvgIpc) is 2.46. The first kappa shape index (κ1) is 15.9. The molecule has 1 aromatic carbocycles. The zero-order valence-corrected chi connectivity index (χ0v) is 13.6. The van der Waals surface area contributed by atoms with Crippen molar-refractivity contribution in [1.82, 2.24) is 9.97 Å². The first-order chi connectivity index (χ1) is 10.5. The van der Waals surface area contributed by atoms with Gasteiger partial charge in [-0.1, -0.05) is 0 Å². The van der Waals surface area contributed by atoms with Crippen LogP contribution in [0.25, 0.3) is 11.3 Å². The maximum Gasteiger partial charge on any atom is 0.222 e. The summed E-state index contributed by atoms with van der Waals surface area (Å²) in [6, 6.07) is 5.47. The van der Waals surface area contributed by atoms with Crippen molar-refractivity contribution in [3.63, 3.8) is 0 Å². The van der Waals surface area contributed by atoms with Gasteiger partial charge in [-0.3, -0.25) is 0 Å². The largest absolute Gasteiger partial charge is 0.492 e. The molecule has 4 N–H and O–H groups in total. The third-order valence-electron chi connectivity index (χ3n) is 2.85. The van der Waals surface area contributed by atoms with Crippen LogP contribution >= 0.6 is 15.9 Å². The summed E-state index contributed by atoms with van der Waals surface area (Å²) in [4.78, 5) is 7.92. The maximum atomic E-state index is 9.28. The number of nitrogens with zero attached hydrogens (tertiary/aromatic N) is 3. The van der Waals surface area contributed by atoms with E-state index < -0.39 is 0 Å². The first-order valence-corrected chi connectivity index (χ1v) is 7.14. The Balaban J connectivity index is 2.71. The van der Waals surface area contributed by atoms with Crippen LogP contribution in [0.15, 0.2) is 16.6 Å². The number of benzene rings is 1. The van der Waals surface area contributed by atoms with Crippen LogP contribution < -0.4 is 20.9 Å². The summed E-state index contributed by atoms with van der Waals surface area (Å²) < 4.78 is 11.5. The molecule has 1 heterocycles. The van der Waals surface area contributed by atoms with Gasteiger partial charge in [-0.25, -0.2) is 4.98 Å². The Kier molecular flexibility index (Phi) is 4.68. The Bertz CT molecular complexity index is 758. The average molecular weight is 364 g/mol. The van der Waals surface area contributed by atoms with Crippen molar-refractivity contribution in [3.05, 3.63) is 22.2 Å². The number of nitrogen functional groups attached to an aromatic ring is 2. The number of halogens is 1. The monoisotopic (exact) mass is 363 g/mol.